The number of imidazole rings is 1. The molecule has 7 nitrogen and oxygen atoms in total. The first-order chi connectivity index (χ1) is 15.3. The van der Waals surface area contributed by atoms with Crippen molar-refractivity contribution in [3.05, 3.63) is 83.6 Å². The van der Waals surface area contributed by atoms with Crippen LogP contribution in [0.2, 0.25) is 5.02 Å². The first kappa shape index (κ1) is 21.9. The lowest BCUT2D eigenvalue weighted by Gasteiger charge is -2.11. The second kappa shape index (κ2) is 9.02. The minimum atomic E-state index is -3.31. The monoisotopic (exact) mass is 469 g/mol. The molecule has 1 N–H and O–H groups in total. The summed E-state index contributed by atoms with van der Waals surface area (Å²) in [6.07, 6.45) is 1.14. The fourth-order valence-corrected chi connectivity index (χ4v) is 4.12. The topological polar surface area (TPSA) is 90.3 Å². The standard InChI is InChI=1S/C23H20ClN3O4S/c1-32(29,30)15-22-26-19-7-3-4-8-20(19)27(22)14-23(28)25-16-10-12-17(13-11-16)31-21-9-5-2-6-18(21)24/h2-13H,14-15H2,1H3,(H,25,28). The number of halogens is 1. The summed E-state index contributed by atoms with van der Waals surface area (Å²) in [5, 5.41) is 3.32. The number of nitrogens with zero attached hydrogens (tertiary/aromatic N) is 2. The van der Waals surface area contributed by atoms with Crippen LogP contribution >= 0.6 is 11.6 Å². The molecule has 4 rings (SSSR count). The summed E-state index contributed by atoms with van der Waals surface area (Å²) in [4.78, 5) is 17.1. The SMILES string of the molecule is CS(=O)(=O)Cc1nc2ccccc2n1CC(=O)Nc1ccc(Oc2ccccc2Cl)cc1. The lowest BCUT2D eigenvalue weighted by Crippen LogP contribution is -2.21. The molecule has 0 saturated heterocycles. The highest BCUT2D eigenvalue weighted by Crippen LogP contribution is 2.29. The van der Waals surface area contributed by atoms with Crippen molar-refractivity contribution >= 4 is 44.1 Å². The number of aromatic nitrogens is 2. The van der Waals surface area contributed by atoms with Gasteiger partial charge in [0.1, 0.15) is 29.6 Å². The number of fused-ring (bicyclic) bond motifs is 1. The third kappa shape index (κ3) is 5.27. The quantitative estimate of drug-likeness (QED) is 0.425. The van der Waals surface area contributed by atoms with Gasteiger partial charge >= 0.3 is 0 Å². The smallest absolute Gasteiger partial charge is 0.244 e. The zero-order chi connectivity index (χ0) is 22.7. The minimum absolute atomic E-state index is 0.0662. The Labute approximate surface area is 190 Å². The molecule has 1 heterocycles. The van der Waals surface area contributed by atoms with Gasteiger partial charge in [-0.1, -0.05) is 35.9 Å². The van der Waals surface area contributed by atoms with Gasteiger partial charge < -0.3 is 14.6 Å². The summed E-state index contributed by atoms with van der Waals surface area (Å²) >= 11 is 6.11. The van der Waals surface area contributed by atoms with Crippen LogP contribution in [0, 0.1) is 0 Å². The van der Waals surface area contributed by atoms with Gasteiger partial charge in [0.05, 0.1) is 16.1 Å². The number of hydrogen-bond donors (Lipinski definition) is 1. The Morgan fingerprint density at radius 2 is 1.72 bits per heavy atom. The Morgan fingerprint density at radius 3 is 2.44 bits per heavy atom. The fourth-order valence-electron chi connectivity index (χ4n) is 3.25. The number of nitrogens with one attached hydrogen (secondary N) is 1. The van der Waals surface area contributed by atoms with Crippen molar-refractivity contribution in [1.82, 2.24) is 9.55 Å². The number of carbonyl (C=O) groups excluding carboxylic acids is 1. The minimum Gasteiger partial charge on any atom is -0.456 e. The van der Waals surface area contributed by atoms with Crippen LogP contribution in [-0.4, -0.2) is 30.1 Å². The summed E-state index contributed by atoms with van der Waals surface area (Å²) in [5.41, 5.74) is 1.92. The molecule has 0 bridgehead atoms. The van der Waals surface area contributed by atoms with Gasteiger partial charge in [-0.25, -0.2) is 13.4 Å². The molecule has 164 valence electrons. The van der Waals surface area contributed by atoms with Gasteiger partial charge in [-0.15, -0.1) is 0 Å². The highest BCUT2D eigenvalue weighted by atomic mass is 35.5. The molecule has 0 aliphatic heterocycles. The van der Waals surface area contributed by atoms with E-state index in [1.807, 2.05) is 30.3 Å². The van der Waals surface area contributed by atoms with Gasteiger partial charge in [0.2, 0.25) is 5.91 Å². The first-order valence-electron chi connectivity index (χ1n) is 9.73. The lowest BCUT2D eigenvalue weighted by atomic mass is 10.3. The maximum atomic E-state index is 12.7. The predicted octanol–water partition coefficient (Wildman–Crippen LogP) is 4.67. The van der Waals surface area contributed by atoms with Crippen LogP contribution in [0.25, 0.3) is 11.0 Å². The second-order valence-electron chi connectivity index (χ2n) is 7.28. The molecule has 0 radical (unpaired) electrons. The van der Waals surface area contributed by atoms with Crippen molar-refractivity contribution in [2.24, 2.45) is 0 Å². The van der Waals surface area contributed by atoms with Crippen molar-refractivity contribution in [3.63, 3.8) is 0 Å². The van der Waals surface area contributed by atoms with E-state index in [0.717, 1.165) is 6.26 Å². The van der Waals surface area contributed by atoms with Crippen LogP contribution in [0.15, 0.2) is 72.8 Å². The fraction of sp³-hybridized carbons (Fsp3) is 0.130. The van der Waals surface area contributed by atoms with E-state index in [9.17, 15) is 13.2 Å². The van der Waals surface area contributed by atoms with Crippen molar-refractivity contribution in [3.8, 4) is 11.5 Å². The Hall–Kier alpha value is -3.36. The molecule has 0 spiro atoms. The van der Waals surface area contributed by atoms with E-state index in [-0.39, 0.29) is 18.2 Å². The summed E-state index contributed by atoms with van der Waals surface area (Å²) in [6, 6.07) is 21.3. The Kier molecular flexibility index (Phi) is 6.16. The van der Waals surface area contributed by atoms with E-state index in [0.29, 0.717) is 39.1 Å². The van der Waals surface area contributed by atoms with Gasteiger partial charge in [0, 0.05) is 11.9 Å². The summed E-state index contributed by atoms with van der Waals surface area (Å²) in [7, 11) is -3.31. The highest BCUT2D eigenvalue weighted by molar-refractivity contribution is 7.89. The molecule has 0 fully saturated rings. The molecule has 3 aromatic carbocycles. The third-order valence-electron chi connectivity index (χ3n) is 4.63. The zero-order valence-corrected chi connectivity index (χ0v) is 18.7. The average molecular weight is 470 g/mol. The lowest BCUT2D eigenvalue weighted by molar-refractivity contribution is -0.116. The highest BCUT2D eigenvalue weighted by Gasteiger charge is 2.17. The summed E-state index contributed by atoms with van der Waals surface area (Å²) in [6.45, 7) is -0.0662. The van der Waals surface area contributed by atoms with Crippen LogP contribution in [0.4, 0.5) is 5.69 Å². The van der Waals surface area contributed by atoms with Gasteiger partial charge in [0.15, 0.2) is 9.84 Å². The second-order valence-corrected chi connectivity index (χ2v) is 9.83. The van der Waals surface area contributed by atoms with Gasteiger partial charge in [-0.2, -0.15) is 0 Å². The summed E-state index contributed by atoms with van der Waals surface area (Å²) < 4.78 is 31.0. The molecular weight excluding hydrogens is 450 g/mol. The van der Waals surface area contributed by atoms with Crippen LogP contribution < -0.4 is 10.1 Å². The van der Waals surface area contributed by atoms with Crippen molar-refractivity contribution in [1.29, 1.82) is 0 Å². The average Bonchev–Trinajstić information content (AvgIpc) is 3.06. The molecule has 0 aliphatic rings. The van der Waals surface area contributed by atoms with E-state index in [1.54, 1.807) is 47.0 Å². The molecule has 0 saturated carbocycles. The molecule has 4 aromatic rings. The van der Waals surface area contributed by atoms with E-state index in [4.69, 9.17) is 16.3 Å². The van der Waals surface area contributed by atoms with E-state index in [1.165, 1.54) is 0 Å². The Bertz CT molecular complexity index is 1380. The van der Waals surface area contributed by atoms with Crippen molar-refractivity contribution in [2.75, 3.05) is 11.6 Å². The number of sulfone groups is 1. The van der Waals surface area contributed by atoms with Gasteiger partial charge in [-0.3, -0.25) is 4.79 Å². The number of carbonyl (C=O) groups is 1. The number of amides is 1. The molecule has 1 aromatic heterocycles. The molecule has 0 atom stereocenters. The van der Waals surface area contributed by atoms with E-state index < -0.39 is 9.84 Å². The molecule has 32 heavy (non-hydrogen) atoms. The zero-order valence-electron chi connectivity index (χ0n) is 17.2. The van der Waals surface area contributed by atoms with Gasteiger partial charge in [0.25, 0.3) is 0 Å². The number of para-hydroxylation sites is 3. The van der Waals surface area contributed by atoms with Crippen molar-refractivity contribution < 1.29 is 17.9 Å². The molecule has 0 unspecified atom stereocenters. The van der Waals surface area contributed by atoms with Gasteiger partial charge in [-0.05, 0) is 48.5 Å². The number of hydrogen-bond acceptors (Lipinski definition) is 5. The molecular formula is C23H20ClN3O4S. The Balaban J connectivity index is 1.49. The molecule has 1 amide bonds. The number of ether oxygens (including phenoxy) is 1. The molecule has 9 heteroatoms. The maximum absolute atomic E-state index is 12.7. The largest absolute Gasteiger partial charge is 0.456 e. The van der Waals surface area contributed by atoms with E-state index >= 15 is 0 Å². The number of rotatable bonds is 7. The number of benzene rings is 3. The van der Waals surface area contributed by atoms with Crippen LogP contribution in [0.5, 0.6) is 11.5 Å². The predicted molar refractivity (Wildman–Crippen MR) is 125 cm³/mol. The van der Waals surface area contributed by atoms with Crippen LogP contribution in [0.3, 0.4) is 0 Å². The molecule has 0 aliphatic carbocycles. The summed E-state index contributed by atoms with van der Waals surface area (Å²) in [5.74, 6) is 0.891. The number of anilines is 1. The normalized spacial score (nSPS) is 11.4. The van der Waals surface area contributed by atoms with Crippen LogP contribution in [-0.2, 0) is 26.9 Å². The third-order valence-corrected chi connectivity index (χ3v) is 5.72. The maximum Gasteiger partial charge on any atom is 0.244 e. The Morgan fingerprint density at radius 1 is 1.03 bits per heavy atom. The first-order valence-corrected chi connectivity index (χ1v) is 12.2. The van der Waals surface area contributed by atoms with Crippen LogP contribution in [0.1, 0.15) is 5.82 Å². The van der Waals surface area contributed by atoms with Crippen molar-refractivity contribution in [2.45, 2.75) is 12.3 Å². The van der Waals surface area contributed by atoms with E-state index in [2.05, 4.69) is 10.3 Å².